The summed E-state index contributed by atoms with van der Waals surface area (Å²) >= 11 is 12.8. The minimum atomic E-state index is -0.238. The van der Waals surface area contributed by atoms with Crippen LogP contribution in [0.1, 0.15) is 9.67 Å². The fraction of sp³-hybridized carbons (Fsp3) is 0. The molecule has 0 aliphatic rings. The van der Waals surface area contributed by atoms with Crippen molar-refractivity contribution in [2.45, 2.75) is 0 Å². The summed E-state index contributed by atoms with van der Waals surface area (Å²) in [6, 6.07) is 6.38. The first kappa shape index (κ1) is 12.2. The van der Waals surface area contributed by atoms with Crippen LogP contribution in [0.25, 0.3) is 0 Å². The van der Waals surface area contributed by atoms with Crippen molar-refractivity contribution in [3.63, 3.8) is 0 Å². The molecule has 17 heavy (non-hydrogen) atoms. The first-order valence-electron chi connectivity index (χ1n) is 4.61. The molecule has 0 saturated heterocycles. The number of phenols is 1. The molecular formula is C11H7Cl2NO2S. The highest BCUT2D eigenvalue weighted by Crippen LogP contribution is 2.34. The standard InChI is InChI=1S/C11H7Cl2NO2S/c12-7-4-6(5-8(13)10(7)15)14-11(16)9-2-1-3-17-9/h1-5,15H,(H,14,16). The van der Waals surface area contributed by atoms with Crippen molar-refractivity contribution in [2.75, 3.05) is 5.32 Å². The molecule has 0 unspecified atom stereocenters. The van der Waals surface area contributed by atoms with Crippen molar-refractivity contribution < 1.29 is 9.90 Å². The maximum atomic E-state index is 11.7. The number of benzene rings is 1. The second kappa shape index (κ2) is 4.96. The Labute approximate surface area is 112 Å². The molecule has 2 rings (SSSR count). The van der Waals surface area contributed by atoms with Crippen LogP contribution >= 0.6 is 34.5 Å². The Balaban J connectivity index is 2.22. The van der Waals surface area contributed by atoms with Crippen LogP contribution in [0.2, 0.25) is 10.0 Å². The van der Waals surface area contributed by atoms with Gasteiger partial charge in [-0.05, 0) is 23.6 Å². The molecule has 0 radical (unpaired) electrons. The number of nitrogens with one attached hydrogen (secondary N) is 1. The van der Waals surface area contributed by atoms with E-state index >= 15 is 0 Å². The average Bonchev–Trinajstić information content (AvgIpc) is 2.79. The fourth-order valence-corrected chi connectivity index (χ4v) is 2.34. The lowest BCUT2D eigenvalue weighted by Gasteiger charge is -2.06. The summed E-state index contributed by atoms with van der Waals surface area (Å²) in [5, 5.41) is 14.0. The largest absolute Gasteiger partial charge is 0.505 e. The van der Waals surface area contributed by atoms with Gasteiger partial charge in [-0.2, -0.15) is 0 Å². The van der Waals surface area contributed by atoms with Crippen LogP contribution in [0.15, 0.2) is 29.6 Å². The summed E-state index contributed by atoms with van der Waals surface area (Å²) in [6.07, 6.45) is 0. The molecule has 0 spiro atoms. The lowest BCUT2D eigenvalue weighted by molar-refractivity contribution is 0.103. The van der Waals surface area contributed by atoms with Gasteiger partial charge in [0, 0.05) is 5.69 Å². The van der Waals surface area contributed by atoms with E-state index in [1.165, 1.54) is 23.5 Å². The quantitative estimate of drug-likeness (QED) is 0.820. The summed E-state index contributed by atoms with van der Waals surface area (Å²) in [5.41, 5.74) is 0.441. The molecule has 1 aromatic heterocycles. The lowest BCUT2D eigenvalue weighted by atomic mass is 10.3. The fourth-order valence-electron chi connectivity index (χ4n) is 1.24. The SMILES string of the molecule is O=C(Nc1cc(Cl)c(O)c(Cl)c1)c1cccs1. The zero-order chi connectivity index (χ0) is 12.4. The number of anilines is 1. The Hall–Kier alpha value is -1.23. The van der Waals surface area contributed by atoms with Gasteiger partial charge in [-0.15, -0.1) is 11.3 Å². The molecule has 0 fully saturated rings. The van der Waals surface area contributed by atoms with Crippen LogP contribution < -0.4 is 5.32 Å². The number of halogens is 2. The van der Waals surface area contributed by atoms with Gasteiger partial charge in [-0.1, -0.05) is 29.3 Å². The summed E-state index contributed by atoms with van der Waals surface area (Å²) in [4.78, 5) is 12.3. The number of carbonyl (C=O) groups excluding carboxylic acids is 1. The number of hydrogen-bond donors (Lipinski definition) is 2. The van der Waals surface area contributed by atoms with Gasteiger partial charge in [0.1, 0.15) is 0 Å². The van der Waals surface area contributed by atoms with Crippen LogP contribution in [0.4, 0.5) is 5.69 Å². The summed E-state index contributed by atoms with van der Waals surface area (Å²) in [7, 11) is 0. The molecular weight excluding hydrogens is 281 g/mol. The van der Waals surface area contributed by atoms with E-state index in [9.17, 15) is 9.90 Å². The van der Waals surface area contributed by atoms with Crippen molar-refractivity contribution in [2.24, 2.45) is 0 Å². The molecule has 0 aliphatic carbocycles. The van der Waals surface area contributed by atoms with Crippen molar-refractivity contribution in [3.05, 3.63) is 44.6 Å². The number of carbonyl (C=O) groups is 1. The highest BCUT2D eigenvalue weighted by atomic mass is 35.5. The Kier molecular flexibility index (Phi) is 3.57. The number of phenolic OH excluding ortho intramolecular Hbond substituents is 1. The molecule has 6 heteroatoms. The molecule has 1 aromatic carbocycles. The van der Waals surface area contributed by atoms with Crippen molar-refractivity contribution in [1.29, 1.82) is 0 Å². The Morgan fingerprint density at radius 2 is 1.94 bits per heavy atom. The second-order valence-corrected chi connectivity index (χ2v) is 4.98. The van der Waals surface area contributed by atoms with Crippen LogP contribution in [-0.2, 0) is 0 Å². The number of rotatable bonds is 2. The molecule has 2 N–H and O–H groups in total. The first-order valence-corrected chi connectivity index (χ1v) is 6.24. The molecule has 0 atom stereocenters. The lowest BCUT2D eigenvalue weighted by Crippen LogP contribution is -2.09. The Bertz CT molecular complexity index is 532. The number of aromatic hydroxyl groups is 1. The van der Waals surface area contributed by atoms with E-state index < -0.39 is 0 Å². The van der Waals surface area contributed by atoms with E-state index in [0.717, 1.165) is 0 Å². The van der Waals surface area contributed by atoms with Crippen LogP contribution in [0.5, 0.6) is 5.75 Å². The summed E-state index contributed by atoms with van der Waals surface area (Å²) < 4.78 is 0. The van der Waals surface area contributed by atoms with Crippen LogP contribution in [-0.4, -0.2) is 11.0 Å². The molecule has 1 amide bonds. The average molecular weight is 288 g/mol. The zero-order valence-electron chi connectivity index (χ0n) is 8.41. The maximum Gasteiger partial charge on any atom is 0.265 e. The van der Waals surface area contributed by atoms with E-state index in [4.69, 9.17) is 23.2 Å². The smallest absolute Gasteiger partial charge is 0.265 e. The molecule has 0 aliphatic heterocycles. The van der Waals surface area contributed by atoms with E-state index in [0.29, 0.717) is 10.6 Å². The molecule has 1 heterocycles. The van der Waals surface area contributed by atoms with Crippen LogP contribution in [0.3, 0.4) is 0 Å². The summed E-state index contributed by atoms with van der Waals surface area (Å²) in [6.45, 7) is 0. The zero-order valence-corrected chi connectivity index (χ0v) is 10.7. The predicted molar refractivity (Wildman–Crippen MR) is 70.4 cm³/mol. The molecule has 88 valence electrons. The molecule has 0 bridgehead atoms. The van der Waals surface area contributed by atoms with E-state index in [1.54, 1.807) is 12.1 Å². The van der Waals surface area contributed by atoms with Gasteiger partial charge in [0.05, 0.1) is 14.9 Å². The monoisotopic (exact) mass is 287 g/mol. The third-order valence-corrected chi connectivity index (χ3v) is 3.46. The highest BCUT2D eigenvalue weighted by molar-refractivity contribution is 7.12. The van der Waals surface area contributed by atoms with E-state index in [2.05, 4.69) is 5.32 Å². The Morgan fingerprint density at radius 1 is 1.29 bits per heavy atom. The predicted octanol–water partition coefficient (Wildman–Crippen LogP) is 4.01. The van der Waals surface area contributed by atoms with Crippen molar-refractivity contribution in [3.8, 4) is 5.75 Å². The van der Waals surface area contributed by atoms with E-state index in [-0.39, 0.29) is 21.7 Å². The third kappa shape index (κ3) is 2.72. The molecule has 0 saturated carbocycles. The van der Waals surface area contributed by atoms with Gasteiger partial charge < -0.3 is 10.4 Å². The van der Waals surface area contributed by atoms with Crippen molar-refractivity contribution in [1.82, 2.24) is 0 Å². The maximum absolute atomic E-state index is 11.7. The van der Waals surface area contributed by atoms with Gasteiger partial charge in [0.25, 0.3) is 5.91 Å². The third-order valence-electron chi connectivity index (χ3n) is 2.02. The highest BCUT2D eigenvalue weighted by Gasteiger charge is 2.10. The molecule has 2 aromatic rings. The van der Waals surface area contributed by atoms with E-state index in [1.807, 2.05) is 5.38 Å². The van der Waals surface area contributed by atoms with Crippen LogP contribution in [0, 0.1) is 0 Å². The second-order valence-electron chi connectivity index (χ2n) is 3.22. The number of amides is 1. The Morgan fingerprint density at radius 3 is 2.47 bits per heavy atom. The number of hydrogen-bond acceptors (Lipinski definition) is 3. The van der Waals surface area contributed by atoms with Gasteiger partial charge in [-0.25, -0.2) is 0 Å². The topological polar surface area (TPSA) is 49.3 Å². The normalized spacial score (nSPS) is 10.2. The van der Waals surface area contributed by atoms with Crippen molar-refractivity contribution >= 4 is 46.1 Å². The number of thiophene rings is 1. The van der Waals surface area contributed by atoms with Gasteiger partial charge in [0.15, 0.2) is 5.75 Å². The van der Waals surface area contributed by atoms with Gasteiger partial charge in [0.2, 0.25) is 0 Å². The summed E-state index contributed by atoms with van der Waals surface area (Å²) in [5.74, 6) is -0.430. The minimum absolute atomic E-state index is 0.0963. The minimum Gasteiger partial charge on any atom is -0.505 e. The molecule has 3 nitrogen and oxygen atoms in total. The first-order chi connectivity index (χ1) is 8.08. The van der Waals surface area contributed by atoms with Gasteiger partial charge >= 0.3 is 0 Å². The van der Waals surface area contributed by atoms with Gasteiger partial charge in [-0.3, -0.25) is 4.79 Å².